The van der Waals surface area contributed by atoms with Gasteiger partial charge < -0.3 is 26.6 Å². The highest BCUT2D eigenvalue weighted by molar-refractivity contribution is 7.99. The number of carbonyl (C=O) groups is 4. The number of nitro benzene ring substituents is 2. The number of non-ortho nitro benzene ring substituents is 2. The van der Waals surface area contributed by atoms with Gasteiger partial charge in [0.2, 0.25) is 11.8 Å². The van der Waals surface area contributed by atoms with Gasteiger partial charge in [0.25, 0.3) is 11.4 Å². The van der Waals surface area contributed by atoms with Gasteiger partial charge in [-0.25, -0.2) is 0 Å². The van der Waals surface area contributed by atoms with Gasteiger partial charge in [-0.15, -0.1) is 11.8 Å². The second-order valence-electron chi connectivity index (χ2n) is 7.35. The van der Waals surface area contributed by atoms with E-state index in [-0.39, 0.29) is 40.7 Å². The summed E-state index contributed by atoms with van der Waals surface area (Å²) in [5, 5.41) is 45.0. The minimum absolute atomic E-state index is 0.120. The number of nitrogens with zero attached hydrogens (tertiary/aromatic N) is 2. The van der Waals surface area contributed by atoms with Gasteiger partial charge in [0.05, 0.1) is 15.2 Å². The molecule has 36 heavy (non-hydrogen) atoms. The molecule has 0 heterocycles. The molecule has 2 atom stereocenters. The minimum atomic E-state index is -1.33. The molecule has 2 aromatic rings. The largest absolute Gasteiger partial charge is 0.480 e. The average Bonchev–Trinajstić information content (AvgIpc) is 2.82. The summed E-state index contributed by atoms with van der Waals surface area (Å²) < 4.78 is 0. The zero-order chi connectivity index (χ0) is 27.0. The number of fused-ring (bicyclic) bond motifs is 1. The number of benzene rings is 2. The Balaban J connectivity index is 2.30. The van der Waals surface area contributed by atoms with E-state index in [1.54, 1.807) is 0 Å². The van der Waals surface area contributed by atoms with Crippen LogP contribution in [-0.4, -0.2) is 68.2 Å². The van der Waals surface area contributed by atoms with Crippen LogP contribution in [0, 0.1) is 20.2 Å². The maximum absolute atomic E-state index is 12.5. The first-order chi connectivity index (χ1) is 16.9. The predicted octanol–water partition coefficient (Wildman–Crippen LogP) is 0.626. The van der Waals surface area contributed by atoms with Crippen molar-refractivity contribution in [2.24, 2.45) is 5.73 Å². The number of aliphatic carboxylic acids is 2. The number of carboxylic acids is 2. The van der Waals surface area contributed by atoms with Gasteiger partial charge in [-0.3, -0.25) is 39.4 Å². The maximum Gasteiger partial charge on any atom is 0.322 e. The Morgan fingerprint density at radius 2 is 1.72 bits per heavy atom. The van der Waals surface area contributed by atoms with Gasteiger partial charge in [0.1, 0.15) is 18.6 Å². The number of nitrogens with two attached hydrogens (primary N) is 1. The van der Waals surface area contributed by atoms with Crippen molar-refractivity contribution in [3.8, 4) is 0 Å². The van der Waals surface area contributed by atoms with Gasteiger partial charge >= 0.3 is 11.9 Å². The van der Waals surface area contributed by atoms with E-state index in [0.717, 1.165) is 23.9 Å². The first-order valence-electron chi connectivity index (χ1n) is 10.2. The Labute approximate surface area is 206 Å². The normalized spacial score (nSPS) is 12.4. The molecule has 15 nitrogen and oxygen atoms in total. The van der Waals surface area contributed by atoms with Crippen molar-refractivity contribution in [2.75, 3.05) is 12.3 Å². The second kappa shape index (κ2) is 12.4. The van der Waals surface area contributed by atoms with Crippen molar-refractivity contribution >= 4 is 57.7 Å². The SMILES string of the molecule is N[C@@H](CCC(=O)N[C@@H](CSc1ccc([N+](=O)[O-])c2ccc([N+](=O)[O-])cc12)C(=O)NCC(=O)O)C(=O)O. The van der Waals surface area contributed by atoms with Crippen LogP contribution in [-0.2, 0) is 19.2 Å². The Bertz CT molecular complexity index is 1220. The molecule has 2 aromatic carbocycles. The van der Waals surface area contributed by atoms with Crippen LogP contribution in [0.5, 0.6) is 0 Å². The van der Waals surface area contributed by atoms with Crippen molar-refractivity contribution in [2.45, 2.75) is 29.8 Å². The van der Waals surface area contributed by atoms with E-state index in [0.29, 0.717) is 4.90 Å². The van der Waals surface area contributed by atoms with Crippen LogP contribution in [0.4, 0.5) is 11.4 Å². The maximum atomic E-state index is 12.5. The zero-order valence-corrected chi connectivity index (χ0v) is 19.2. The molecule has 2 rings (SSSR count). The summed E-state index contributed by atoms with van der Waals surface area (Å²) in [6.07, 6.45) is -0.540. The lowest BCUT2D eigenvalue weighted by Crippen LogP contribution is -2.49. The predicted molar refractivity (Wildman–Crippen MR) is 125 cm³/mol. The van der Waals surface area contributed by atoms with Crippen LogP contribution >= 0.6 is 11.8 Å². The monoisotopic (exact) mass is 523 g/mol. The summed E-state index contributed by atoms with van der Waals surface area (Å²) in [4.78, 5) is 68.0. The summed E-state index contributed by atoms with van der Waals surface area (Å²) >= 11 is 0.946. The molecule has 0 saturated heterocycles. The van der Waals surface area contributed by atoms with E-state index in [9.17, 15) is 39.4 Å². The molecule has 0 spiro atoms. The molecule has 0 unspecified atom stereocenters. The number of carbonyl (C=O) groups excluding carboxylic acids is 2. The van der Waals surface area contributed by atoms with Crippen LogP contribution < -0.4 is 16.4 Å². The number of rotatable bonds is 13. The summed E-state index contributed by atoms with van der Waals surface area (Å²) in [6.45, 7) is -0.730. The number of nitro groups is 2. The summed E-state index contributed by atoms with van der Waals surface area (Å²) in [6, 6.07) is 3.46. The van der Waals surface area contributed by atoms with Gasteiger partial charge in [-0.2, -0.15) is 0 Å². The van der Waals surface area contributed by atoms with Crippen LogP contribution in [0.2, 0.25) is 0 Å². The van der Waals surface area contributed by atoms with E-state index < -0.39 is 52.2 Å². The second-order valence-corrected chi connectivity index (χ2v) is 8.41. The molecule has 0 aromatic heterocycles. The number of amides is 2. The molecule has 16 heteroatoms. The lowest BCUT2D eigenvalue weighted by Gasteiger charge is -2.18. The fraction of sp³-hybridized carbons (Fsp3) is 0.300. The Hall–Kier alpha value is -4.31. The molecule has 0 saturated carbocycles. The van der Waals surface area contributed by atoms with Crippen LogP contribution in [0.25, 0.3) is 10.8 Å². The molecular weight excluding hydrogens is 502 g/mol. The summed E-state index contributed by atoms with van der Waals surface area (Å²) in [7, 11) is 0. The first kappa shape index (κ1) is 27.9. The minimum Gasteiger partial charge on any atom is -0.480 e. The Kier molecular flexibility index (Phi) is 9.63. The molecule has 0 bridgehead atoms. The van der Waals surface area contributed by atoms with E-state index in [2.05, 4.69) is 10.6 Å². The summed E-state index contributed by atoms with van der Waals surface area (Å²) in [5.41, 5.74) is 4.76. The molecule has 2 amide bonds. The van der Waals surface area contributed by atoms with Crippen molar-refractivity contribution in [3.63, 3.8) is 0 Å². The van der Waals surface area contributed by atoms with Gasteiger partial charge in [-0.1, -0.05) is 0 Å². The van der Waals surface area contributed by atoms with Gasteiger partial charge in [0.15, 0.2) is 0 Å². The Morgan fingerprint density at radius 1 is 1.03 bits per heavy atom. The third-order valence-corrected chi connectivity index (χ3v) is 5.98. The molecule has 0 aliphatic heterocycles. The smallest absolute Gasteiger partial charge is 0.322 e. The van der Waals surface area contributed by atoms with E-state index in [1.165, 1.54) is 18.2 Å². The molecule has 0 aliphatic carbocycles. The summed E-state index contributed by atoms with van der Waals surface area (Å²) in [5.74, 6) is -4.39. The van der Waals surface area contributed by atoms with Crippen LogP contribution in [0.15, 0.2) is 35.2 Å². The quantitative estimate of drug-likeness (QED) is 0.138. The number of hydrogen-bond donors (Lipinski definition) is 5. The van der Waals surface area contributed by atoms with Crippen molar-refractivity contribution < 1.29 is 39.2 Å². The molecule has 0 radical (unpaired) electrons. The zero-order valence-electron chi connectivity index (χ0n) is 18.4. The first-order valence-corrected chi connectivity index (χ1v) is 11.1. The number of nitrogens with one attached hydrogen (secondary N) is 2. The van der Waals surface area contributed by atoms with E-state index in [1.807, 2.05) is 0 Å². The lowest BCUT2D eigenvalue weighted by atomic mass is 10.1. The molecular formula is C20H21N5O10S. The molecule has 0 aliphatic rings. The average molecular weight is 523 g/mol. The fourth-order valence-electron chi connectivity index (χ4n) is 3.01. The highest BCUT2D eigenvalue weighted by Crippen LogP contribution is 2.36. The number of thioether (sulfide) groups is 1. The van der Waals surface area contributed by atoms with Crippen molar-refractivity contribution in [3.05, 3.63) is 50.6 Å². The highest BCUT2D eigenvalue weighted by Gasteiger charge is 2.24. The fourth-order valence-corrected chi connectivity index (χ4v) is 4.08. The van der Waals surface area contributed by atoms with E-state index in [4.69, 9.17) is 15.9 Å². The topological polar surface area (TPSA) is 245 Å². The van der Waals surface area contributed by atoms with Crippen molar-refractivity contribution in [1.82, 2.24) is 10.6 Å². The highest BCUT2D eigenvalue weighted by atomic mass is 32.2. The number of carboxylic acid groups (broad SMARTS) is 2. The van der Waals surface area contributed by atoms with Crippen LogP contribution in [0.3, 0.4) is 0 Å². The number of hydrogen-bond acceptors (Lipinski definition) is 10. The Morgan fingerprint density at radius 3 is 2.31 bits per heavy atom. The van der Waals surface area contributed by atoms with Gasteiger partial charge in [0, 0.05) is 40.7 Å². The van der Waals surface area contributed by atoms with Crippen LogP contribution in [0.1, 0.15) is 12.8 Å². The third kappa shape index (κ3) is 7.60. The van der Waals surface area contributed by atoms with Gasteiger partial charge in [-0.05, 0) is 18.6 Å². The van der Waals surface area contributed by atoms with Crippen molar-refractivity contribution in [1.29, 1.82) is 0 Å². The third-order valence-electron chi connectivity index (χ3n) is 4.82. The molecule has 192 valence electrons. The lowest BCUT2D eigenvalue weighted by molar-refractivity contribution is -0.385. The molecule has 0 fully saturated rings. The van der Waals surface area contributed by atoms with E-state index >= 15 is 0 Å². The molecule has 6 N–H and O–H groups in total. The standard InChI is InChI=1S/C20H21N5O10S/c21-13(20(30)31)3-6-17(26)23-14(19(29)22-8-18(27)28)9-36-16-5-4-15(25(34)35)11-2-1-10(24(32)33)7-12(11)16/h1-2,4-5,7,13-14H,3,6,8-9,21H2,(H,22,29)(H,23,26)(H,27,28)(H,30,31)/t13-,14-/m0/s1.